The maximum atomic E-state index is 12.6. The van der Waals surface area contributed by atoms with E-state index in [1.807, 2.05) is 25.1 Å². The summed E-state index contributed by atoms with van der Waals surface area (Å²) in [7, 11) is 0. The topological polar surface area (TPSA) is 61.8 Å². The fourth-order valence-electron chi connectivity index (χ4n) is 2.40. The Labute approximate surface area is 133 Å². The molecule has 1 heterocycles. The van der Waals surface area contributed by atoms with E-state index in [1.165, 1.54) is 0 Å². The molecule has 5 heteroatoms. The van der Waals surface area contributed by atoms with Gasteiger partial charge in [0.25, 0.3) is 0 Å². The molecule has 0 spiro atoms. The lowest BCUT2D eigenvalue weighted by molar-refractivity contribution is -0.161. The minimum Gasteiger partial charge on any atom is -0.460 e. The molecule has 5 nitrogen and oxygen atoms in total. The van der Waals surface area contributed by atoms with E-state index in [2.05, 4.69) is 0 Å². The largest absolute Gasteiger partial charge is 0.460 e. The third-order valence-corrected chi connectivity index (χ3v) is 3.52. The van der Waals surface area contributed by atoms with Gasteiger partial charge < -0.3 is 14.2 Å². The fraction of sp³-hybridized carbons (Fsp3) is 0.222. The second-order valence-corrected chi connectivity index (χ2v) is 5.13. The first kappa shape index (κ1) is 15.1. The highest BCUT2D eigenvalue weighted by Gasteiger charge is 2.33. The third kappa shape index (κ3) is 2.90. The summed E-state index contributed by atoms with van der Waals surface area (Å²) in [4.78, 5) is 24.3. The highest BCUT2D eigenvalue weighted by Crippen LogP contribution is 2.38. The van der Waals surface area contributed by atoms with E-state index in [9.17, 15) is 9.59 Å². The first-order valence-corrected chi connectivity index (χ1v) is 7.34. The molecule has 1 aliphatic heterocycles. The molecule has 0 aliphatic carbocycles. The van der Waals surface area contributed by atoms with Crippen LogP contribution in [0.5, 0.6) is 11.5 Å². The summed E-state index contributed by atoms with van der Waals surface area (Å²) in [5.41, 5.74) is 1.87. The van der Waals surface area contributed by atoms with Crippen molar-refractivity contribution in [2.24, 2.45) is 0 Å². The van der Waals surface area contributed by atoms with Crippen molar-refractivity contribution in [2.45, 2.75) is 20.1 Å². The lowest BCUT2D eigenvalue weighted by atomic mass is 9.98. The van der Waals surface area contributed by atoms with E-state index in [4.69, 9.17) is 14.2 Å². The van der Waals surface area contributed by atoms with Gasteiger partial charge in [-0.05, 0) is 31.5 Å². The van der Waals surface area contributed by atoms with Crippen LogP contribution in [0.25, 0.3) is 0 Å². The van der Waals surface area contributed by atoms with Gasteiger partial charge in [-0.15, -0.1) is 0 Å². The molecule has 0 amide bonds. The molecule has 3 rings (SSSR count). The predicted octanol–water partition coefficient (Wildman–Crippen LogP) is 2.89. The number of hydrogen-bond acceptors (Lipinski definition) is 5. The van der Waals surface area contributed by atoms with Gasteiger partial charge in [0.15, 0.2) is 17.3 Å². The van der Waals surface area contributed by atoms with Crippen LogP contribution in [0.3, 0.4) is 0 Å². The van der Waals surface area contributed by atoms with E-state index in [0.717, 1.165) is 5.56 Å². The van der Waals surface area contributed by atoms with Gasteiger partial charge in [-0.2, -0.15) is 0 Å². The summed E-state index contributed by atoms with van der Waals surface area (Å²) in [6, 6.07) is 12.3. The van der Waals surface area contributed by atoms with Crippen molar-refractivity contribution in [3.63, 3.8) is 0 Å². The van der Waals surface area contributed by atoms with E-state index >= 15 is 0 Å². The normalized spacial score (nSPS) is 15.3. The second-order valence-electron chi connectivity index (χ2n) is 5.13. The number of fused-ring (bicyclic) bond motifs is 1. The lowest BCUT2D eigenvalue weighted by Crippen LogP contribution is -2.30. The first-order valence-electron chi connectivity index (χ1n) is 7.34. The van der Waals surface area contributed by atoms with Crippen LogP contribution in [0.1, 0.15) is 28.4 Å². The Balaban J connectivity index is 1.89. The van der Waals surface area contributed by atoms with Crippen LogP contribution in [0.2, 0.25) is 0 Å². The first-order chi connectivity index (χ1) is 11.1. The zero-order valence-corrected chi connectivity index (χ0v) is 12.9. The van der Waals surface area contributed by atoms with Crippen molar-refractivity contribution in [1.82, 2.24) is 0 Å². The van der Waals surface area contributed by atoms with Crippen molar-refractivity contribution in [3.8, 4) is 11.5 Å². The van der Waals surface area contributed by atoms with E-state index < -0.39 is 12.3 Å². The standard InChI is InChI=1S/C18H16O5/c1-3-21-17(20)18-22-14-9-11(2)13(10-15(14)23-18)16(19)12-7-5-4-6-8-12/h4-10,18H,3H2,1-2H3. The Kier molecular flexibility index (Phi) is 4.02. The smallest absolute Gasteiger partial charge is 0.389 e. The van der Waals surface area contributed by atoms with Crippen LogP contribution in [0, 0.1) is 6.92 Å². The van der Waals surface area contributed by atoms with Crippen molar-refractivity contribution in [2.75, 3.05) is 6.61 Å². The van der Waals surface area contributed by atoms with Crippen LogP contribution in [-0.2, 0) is 9.53 Å². The number of esters is 1. The van der Waals surface area contributed by atoms with Crippen LogP contribution in [0.15, 0.2) is 42.5 Å². The fourth-order valence-corrected chi connectivity index (χ4v) is 2.40. The lowest BCUT2D eigenvalue weighted by Gasteiger charge is -2.07. The maximum Gasteiger partial charge on any atom is 0.389 e. The van der Waals surface area contributed by atoms with E-state index in [1.54, 1.807) is 31.2 Å². The van der Waals surface area contributed by atoms with Gasteiger partial charge >= 0.3 is 12.3 Å². The van der Waals surface area contributed by atoms with Crippen molar-refractivity contribution in [1.29, 1.82) is 0 Å². The molecule has 2 aromatic carbocycles. The van der Waals surface area contributed by atoms with Gasteiger partial charge in [0.1, 0.15) is 0 Å². The van der Waals surface area contributed by atoms with Gasteiger partial charge in [-0.1, -0.05) is 30.3 Å². The Bertz CT molecular complexity index is 752. The van der Waals surface area contributed by atoms with Crippen LogP contribution < -0.4 is 9.47 Å². The second kappa shape index (κ2) is 6.12. The summed E-state index contributed by atoms with van der Waals surface area (Å²) in [6.07, 6.45) is -1.12. The Morgan fingerprint density at radius 2 is 1.74 bits per heavy atom. The van der Waals surface area contributed by atoms with Crippen LogP contribution in [0.4, 0.5) is 0 Å². The minimum absolute atomic E-state index is 0.103. The number of benzene rings is 2. The number of ketones is 1. The molecule has 2 aromatic rings. The molecule has 23 heavy (non-hydrogen) atoms. The zero-order valence-electron chi connectivity index (χ0n) is 12.9. The van der Waals surface area contributed by atoms with Crippen molar-refractivity contribution < 1.29 is 23.8 Å². The molecule has 0 saturated heterocycles. The number of carbonyl (C=O) groups excluding carboxylic acids is 2. The highest BCUT2D eigenvalue weighted by molar-refractivity contribution is 6.10. The molecule has 1 atom stereocenters. The Morgan fingerprint density at radius 3 is 2.39 bits per heavy atom. The summed E-state index contributed by atoms with van der Waals surface area (Å²) in [5.74, 6) is 0.115. The van der Waals surface area contributed by atoms with Gasteiger partial charge in [0.2, 0.25) is 0 Å². The molecule has 0 bridgehead atoms. The summed E-state index contributed by atoms with van der Waals surface area (Å²) < 4.78 is 15.8. The zero-order chi connectivity index (χ0) is 16.4. The van der Waals surface area contributed by atoms with Crippen molar-refractivity contribution >= 4 is 11.8 Å². The van der Waals surface area contributed by atoms with Crippen LogP contribution in [-0.4, -0.2) is 24.6 Å². The summed E-state index contributed by atoms with van der Waals surface area (Å²) in [6.45, 7) is 3.77. The van der Waals surface area contributed by atoms with Crippen LogP contribution >= 0.6 is 0 Å². The Hall–Kier alpha value is -2.82. The average molecular weight is 312 g/mol. The SMILES string of the molecule is CCOC(=O)C1Oc2cc(C)c(C(=O)c3ccccc3)cc2O1. The van der Waals surface area contributed by atoms with Gasteiger partial charge in [0, 0.05) is 11.1 Å². The third-order valence-electron chi connectivity index (χ3n) is 3.52. The van der Waals surface area contributed by atoms with Gasteiger partial charge in [0.05, 0.1) is 6.61 Å². The molecule has 1 aliphatic rings. The van der Waals surface area contributed by atoms with E-state index in [-0.39, 0.29) is 12.4 Å². The number of carbonyl (C=O) groups is 2. The number of hydrogen-bond donors (Lipinski definition) is 0. The monoisotopic (exact) mass is 312 g/mol. The Morgan fingerprint density at radius 1 is 1.09 bits per heavy atom. The molecule has 0 fully saturated rings. The highest BCUT2D eigenvalue weighted by atomic mass is 16.7. The molecular formula is C18H16O5. The summed E-state index contributed by atoms with van der Waals surface area (Å²) in [5, 5.41) is 0. The number of aryl methyl sites for hydroxylation is 1. The van der Waals surface area contributed by atoms with Gasteiger partial charge in [-0.3, -0.25) is 4.79 Å². The minimum atomic E-state index is -1.12. The summed E-state index contributed by atoms with van der Waals surface area (Å²) >= 11 is 0. The molecule has 1 unspecified atom stereocenters. The molecule has 0 saturated carbocycles. The molecule has 0 N–H and O–H groups in total. The van der Waals surface area contributed by atoms with Gasteiger partial charge in [-0.25, -0.2) is 4.79 Å². The maximum absolute atomic E-state index is 12.6. The quantitative estimate of drug-likeness (QED) is 0.641. The number of rotatable bonds is 4. The number of ether oxygens (including phenoxy) is 3. The predicted molar refractivity (Wildman–Crippen MR) is 82.7 cm³/mol. The average Bonchev–Trinajstić information content (AvgIpc) is 2.97. The molecule has 118 valence electrons. The molecule has 0 aromatic heterocycles. The van der Waals surface area contributed by atoms with E-state index in [0.29, 0.717) is 22.6 Å². The van der Waals surface area contributed by atoms with Crippen molar-refractivity contribution in [3.05, 3.63) is 59.2 Å². The molecule has 0 radical (unpaired) electrons. The molecular weight excluding hydrogens is 296 g/mol.